The number of carboxylic acids is 1. The van der Waals surface area contributed by atoms with Crippen molar-refractivity contribution in [2.75, 3.05) is 39.8 Å². The smallest absolute Gasteiger partial charge is 0.317 e. The molecule has 1 heterocycles. The van der Waals surface area contributed by atoms with Crippen LogP contribution in [0.3, 0.4) is 0 Å². The van der Waals surface area contributed by atoms with Gasteiger partial charge in [0.05, 0.1) is 13.1 Å². The first-order chi connectivity index (χ1) is 12.5. The Balaban J connectivity index is 1.59. The van der Waals surface area contributed by atoms with Crippen molar-refractivity contribution in [3.8, 4) is 0 Å². The van der Waals surface area contributed by atoms with Gasteiger partial charge >= 0.3 is 5.97 Å². The molecule has 0 aromatic heterocycles. The number of amides is 1. The summed E-state index contributed by atoms with van der Waals surface area (Å²) in [5.74, 6) is 0.234. The van der Waals surface area contributed by atoms with Gasteiger partial charge in [-0.25, -0.2) is 0 Å². The van der Waals surface area contributed by atoms with Gasteiger partial charge < -0.3 is 10.4 Å². The molecule has 0 bridgehead atoms. The molecule has 2 N–H and O–H groups in total. The van der Waals surface area contributed by atoms with Crippen LogP contribution in [-0.4, -0.2) is 72.6 Å². The molecule has 150 valence electrons. The number of carbonyl (C=O) groups excluding carboxylic acids is 1. The summed E-state index contributed by atoms with van der Waals surface area (Å²) in [7, 11) is 1.88. The molecule has 26 heavy (non-hydrogen) atoms. The molecule has 1 unspecified atom stereocenters. The van der Waals surface area contributed by atoms with Crippen LogP contribution in [0.25, 0.3) is 0 Å². The van der Waals surface area contributed by atoms with Gasteiger partial charge in [0.15, 0.2) is 0 Å². The Hall–Kier alpha value is -1.14. The molecule has 0 radical (unpaired) electrons. The lowest BCUT2D eigenvalue weighted by Crippen LogP contribution is -2.39. The van der Waals surface area contributed by atoms with Gasteiger partial charge in [0.2, 0.25) is 5.91 Å². The number of carbonyl (C=O) groups is 2. The molecular formula is C20H37N3O3. The number of likely N-dealkylation sites (N-methyl/N-ethyl adjacent to an activating group) is 1. The van der Waals surface area contributed by atoms with E-state index in [1.165, 1.54) is 38.5 Å². The molecule has 6 heteroatoms. The lowest BCUT2D eigenvalue weighted by atomic mass is 9.86. The van der Waals surface area contributed by atoms with E-state index >= 15 is 0 Å². The number of likely N-dealkylation sites (tertiary alicyclic amines) is 1. The van der Waals surface area contributed by atoms with Gasteiger partial charge in [-0.15, -0.1) is 0 Å². The maximum atomic E-state index is 12.2. The monoisotopic (exact) mass is 367 g/mol. The molecule has 1 saturated carbocycles. The first-order valence-electron chi connectivity index (χ1n) is 10.5. The summed E-state index contributed by atoms with van der Waals surface area (Å²) >= 11 is 0. The molecule has 2 aliphatic rings. The highest BCUT2D eigenvalue weighted by Crippen LogP contribution is 2.26. The Kier molecular flexibility index (Phi) is 9.40. The summed E-state index contributed by atoms with van der Waals surface area (Å²) in [5, 5.41) is 12.0. The molecule has 0 aromatic rings. The standard InChI is InChI=1S/C20H37N3O3/c1-22(16-20(25)26)18-10-6-13-23(14-11-18)15-19(24)21-12-5-9-17-7-3-2-4-8-17/h17-18H,2-16H2,1H3,(H,21,24)(H,25,26). The van der Waals surface area contributed by atoms with Gasteiger partial charge in [0.1, 0.15) is 0 Å². The van der Waals surface area contributed by atoms with E-state index in [4.69, 9.17) is 5.11 Å². The molecule has 2 fully saturated rings. The fourth-order valence-corrected chi connectivity index (χ4v) is 4.43. The van der Waals surface area contributed by atoms with E-state index in [2.05, 4.69) is 10.2 Å². The van der Waals surface area contributed by atoms with Crippen molar-refractivity contribution in [2.24, 2.45) is 5.92 Å². The molecule has 1 aliphatic carbocycles. The third-order valence-electron chi connectivity index (χ3n) is 6.00. The van der Waals surface area contributed by atoms with E-state index in [1.54, 1.807) is 0 Å². The number of carboxylic acid groups (broad SMARTS) is 1. The minimum Gasteiger partial charge on any atom is -0.480 e. The number of nitrogens with one attached hydrogen (secondary N) is 1. The van der Waals surface area contributed by atoms with Crippen LogP contribution in [-0.2, 0) is 9.59 Å². The van der Waals surface area contributed by atoms with Crippen LogP contribution in [0.5, 0.6) is 0 Å². The number of hydrogen-bond acceptors (Lipinski definition) is 4. The summed E-state index contributed by atoms with van der Waals surface area (Å²) < 4.78 is 0. The highest BCUT2D eigenvalue weighted by molar-refractivity contribution is 5.77. The van der Waals surface area contributed by atoms with Crippen LogP contribution in [0.4, 0.5) is 0 Å². The van der Waals surface area contributed by atoms with Crippen LogP contribution in [0.15, 0.2) is 0 Å². The van der Waals surface area contributed by atoms with Gasteiger partial charge in [-0.1, -0.05) is 32.1 Å². The molecule has 1 saturated heterocycles. The summed E-state index contributed by atoms with van der Waals surface area (Å²) in [6.07, 6.45) is 12.2. The first kappa shape index (κ1) is 21.2. The quantitative estimate of drug-likeness (QED) is 0.612. The molecule has 1 amide bonds. The predicted octanol–water partition coefficient (Wildman–Crippen LogP) is 2.33. The summed E-state index contributed by atoms with van der Waals surface area (Å²) in [6.45, 7) is 3.15. The van der Waals surface area contributed by atoms with Crippen molar-refractivity contribution in [1.82, 2.24) is 15.1 Å². The fourth-order valence-electron chi connectivity index (χ4n) is 4.43. The second kappa shape index (κ2) is 11.5. The Labute approximate surface area is 158 Å². The first-order valence-corrected chi connectivity index (χ1v) is 10.5. The van der Waals surface area contributed by atoms with E-state index < -0.39 is 5.97 Å². The molecule has 6 nitrogen and oxygen atoms in total. The number of hydrogen-bond donors (Lipinski definition) is 2. The van der Waals surface area contributed by atoms with Crippen molar-refractivity contribution >= 4 is 11.9 Å². The van der Waals surface area contributed by atoms with Crippen LogP contribution in [0, 0.1) is 5.92 Å². The Morgan fingerprint density at radius 3 is 2.58 bits per heavy atom. The predicted molar refractivity (Wildman–Crippen MR) is 103 cm³/mol. The van der Waals surface area contributed by atoms with Gasteiger partial charge in [-0.05, 0) is 51.6 Å². The minimum atomic E-state index is -0.777. The zero-order valence-electron chi connectivity index (χ0n) is 16.4. The summed E-state index contributed by atoms with van der Waals surface area (Å²) in [6, 6.07) is 0.301. The average molecular weight is 368 g/mol. The fraction of sp³-hybridized carbons (Fsp3) is 0.900. The Morgan fingerprint density at radius 2 is 1.85 bits per heavy atom. The third-order valence-corrected chi connectivity index (χ3v) is 6.00. The van der Waals surface area contributed by atoms with Gasteiger partial charge in [0, 0.05) is 19.1 Å². The zero-order chi connectivity index (χ0) is 18.8. The van der Waals surface area contributed by atoms with Gasteiger partial charge in [-0.3, -0.25) is 19.4 Å². The molecular weight excluding hydrogens is 330 g/mol. The zero-order valence-corrected chi connectivity index (χ0v) is 16.4. The molecule has 0 spiro atoms. The van der Waals surface area contributed by atoms with Crippen LogP contribution < -0.4 is 5.32 Å². The van der Waals surface area contributed by atoms with E-state index in [9.17, 15) is 9.59 Å². The lowest BCUT2D eigenvalue weighted by Gasteiger charge is -2.25. The average Bonchev–Trinajstić information content (AvgIpc) is 2.85. The van der Waals surface area contributed by atoms with Crippen LogP contribution in [0.2, 0.25) is 0 Å². The van der Waals surface area contributed by atoms with Crippen LogP contribution in [0.1, 0.15) is 64.2 Å². The largest absolute Gasteiger partial charge is 0.480 e. The second-order valence-corrected chi connectivity index (χ2v) is 8.17. The van der Waals surface area contributed by atoms with Gasteiger partial charge in [-0.2, -0.15) is 0 Å². The van der Waals surface area contributed by atoms with E-state index in [1.807, 2.05) is 11.9 Å². The Morgan fingerprint density at radius 1 is 1.08 bits per heavy atom. The van der Waals surface area contributed by atoms with E-state index in [-0.39, 0.29) is 12.5 Å². The maximum Gasteiger partial charge on any atom is 0.317 e. The van der Waals surface area contributed by atoms with Crippen molar-refractivity contribution < 1.29 is 14.7 Å². The number of nitrogens with zero attached hydrogens (tertiary/aromatic N) is 2. The van der Waals surface area contributed by atoms with Crippen LogP contribution >= 0.6 is 0 Å². The topological polar surface area (TPSA) is 72.9 Å². The number of rotatable bonds is 9. The number of aliphatic carboxylic acids is 1. The van der Waals surface area contributed by atoms with Crippen molar-refractivity contribution in [3.05, 3.63) is 0 Å². The van der Waals surface area contributed by atoms with Crippen molar-refractivity contribution in [1.29, 1.82) is 0 Å². The molecule has 0 aromatic carbocycles. The third kappa shape index (κ3) is 8.04. The normalized spacial score (nSPS) is 22.9. The highest BCUT2D eigenvalue weighted by atomic mass is 16.4. The maximum absolute atomic E-state index is 12.2. The lowest BCUT2D eigenvalue weighted by molar-refractivity contribution is -0.138. The highest BCUT2D eigenvalue weighted by Gasteiger charge is 2.22. The Bertz CT molecular complexity index is 438. The molecule has 1 aliphatic heterocycles. The second-order valence-electron chi connectivity index (χ2n) is 8.17. The minimum absolute atomic E-state index is 0.0894. The van der Waals surface area contributed by atoms with E-state index in [0.29, 0.717) is 12.6 Å². The molecule has 2 rings (SSSR count). The molecule has 1 atom stereocenters. The van der Waals surface area contributed by atoms with Gasteiger partial charge in [0.25, 0.3) is 0 Å². The SMILES string of the molecule is CN(CC(=O)O)C1CCCN(CC(=O)NCCCC2CCCCC2)CC1. The van der Waals surface area contributed by atoms with E-state index in [0.717, 1.165) is 51.2 Å². The van der Waals surface area contributed by atoms with Crippen molar-refractivity contribution in [2.45, 2.75) is 70.3 Å². The van der Waals surface area contributed by atoms with Crippen molar-refractivity contribution in [3.63, 3.8) is 0 Å². The summed E-state index contributed by atoms with van der Waals surface area (Å²) in [4.78, 5) is 27.2. The summed E-state index contributed by atoms with van der Waals surface area (Å²) in [5.41, 5.74) is 0.